The van der Waals surface area contributed by atoms with Gasteiger partial charge in [0.15, 0.2) is 5.70 Å². The fourth-order valence-electron chi connectivity index (χ4n) is 1.15. The third kappa shape index (κ3) is 3.84. The van der Waals surface area contributed by atoms with Crippen LogP contribution in [0.1, 0.15) is 11.1 Å². The van der Waals surface area contributed by atoms with Gasteiger partial charge in [0.2, 0.25) is 0 Å². The molecule has 0 radical (unpaired) electrons. The minimum Gasteiger partial charge on any atom is -0.388 e. The average molecular weight is 343 g/mol. The summed E-state index contributed by atoms with van der Waals surface area (Å²) in [5.74, 6) is 0. The van der Waals surface area contributed by atoms with E-state index in [9.17, 15) is 13.2 Å². The van der Waals surface area contributed by atoms with Gasteiger partial charge in [0.05, 0.1) is 5.56 Å². The molecule has 0 unspecified atom stereocenters. The van der Waals surface area contributed by atoms with Crippen molar-refractivity contribution in [1.82, 2.24) is 0 Å². The van der Waals surface area contributed by atoms with Crippen molar-refractivity contribution in [3.05, 3.63) is 45.2 Å². The van der Waals surface area contributed by atoms with Gasteiger partial charge in [-0.05, 0) is 12.1 Å². The summed E-state index contributed by atoms with van der Waals surface area (Å²) in [6.07, 6.45) is -3.30. The van der Waals surface area contributed by atoms with E-state index in [-0.39, 0.29) is 15.9 Å². The largest absolute Gasteiger partial charge is 0.416 e. The number of hydrogen-bond donors (Lipinski definition) is 1. The average Bonchev–Trinajstić information content (AvgIpc) is 2.39. The molecule has 102 valence electrons. The lowest BCUT2D eigenvalue weighted by atomic mass is 10.1. The van der Waals surface area contributed by atoms with Crippen molar-refractivity contribution >= 4 is 22.1 Å². The highest BCUT2D eigenvalue weighted by Gasteiger charge is 2.30. The van der Waals surface area contributed by atoms with E-state index < -0.39 is 11.7 Å². The zero-order valence-corrected chi connectivity index (χ0v) is 11.3. The summed E-state index contributed by atoms with van der Waals surface area (Å²) < 4.78 is 37.5. The Morgan fingerprint density at radius 3 is 2.40 bits per heavy atom. The second-order valence-corrected chi connectivity index (χ2v) is 4.33. The summed E-state index contributed by atoms with van der Waals surface area (Å²) in [5, 5.41) is 17.2. The Kier molecular flexibility index (Phi) is 4.89. The maximum Gasteiger partial charge on any atom is 0.416 e. The molecule has 1 rings (SSSR count). The second-order valence-electron chi connectivity index (χ2n) is 3.48. The third-order valence-electron chi connectivity index (χ3n) is 2.14. The Morgan fingerprint density at radius 1 is 1.30 bits per heavy atom. The molecule has 0 saturated carbocycles. The van der Waals surface area contributed by atoms with Crippen LogP contribution in [0.3, 0.4) is 0 Å². The van der Waals surface area contributed by atoms with E-state index in [4.69, 9.17) is 16.3 Å². The van der Waals surface area contributed by atoms with E-state index in [1.54, 1.807) is 12.1 Å². The predicted molar refractivity (Wildman–Crippen MR) is 69.2 cm³/mol. The van der Waals surface area contributed by atoms with E-state index in [2.05, 4.69) is 20.9 Å². The van der Waals surface area contributed by atoms with Crippen LogP contribution in [0.4, 0.5) is 13.2 Å². The van der Waals surface area contributed by atoms with Crippen LogP contribution in [0.2, 0.25) is 0 Å². The number of benzene rings is 1. The molecule has 0 aromatic heterocycles. The molecule has 0 aliphatic rings. The van der Waals surface area contributed by atoms with E-state index in [1.165, 1.54) is 6.07 Å². The van der Waals surface area contributed by atoms with Crippen LogP contribution in [-0.4, -0.2) is 6.21 Å². The number of hydrogen-bond acceptors (Lipinski definition) is 4. The zero-order chi connectivity index (χ0) is 15.3. The van der Waals surface area contributed by atoms with Crippen molar-refractivity contribution in [3.63, 3.8) is 0 Å². The minimum absolute atomic E-state index is 0.156. The molecule has 20 heavy (non-hydrogen) atoms. The molecule has 0 bridgehead atoms. The molecule has 0 aliphatic carbocycles. The number of alkyl halides is 3. The Hall–Kier alpha value is -2.32. The molecule has 0 heterocycles. The van der Waals surface area contributed by atoms with Gasteiger partial charge in [-0.25, -0.2) is 4.99 Å². The Bertz CT molecular complexity index is 663. The maximum absolute atomic E-state index is 12.5. The Labute approximate surface area is 120 Å². The number of rotatable bonds is 2. The molecule has 0 amide bonds. The molecule has 2 N–H and O–H groups in total. The van der Waals surface area contributed by atoms with Crippen molar-refractivity contribution in [2.75, 3.05) is 0 Å². The summed E-state index contributed by atoms with van der Waals surface area (Å²) in [6, 6.07) is 6.14. The van der Waals surface area contributed by atoms with Gasteiger partial charge in [-0.2, -0.15) is 23.7 Å². The van der Waals surface area contributed by atoms with Crippen molar-refractivity contribution in [2.24, 2.45) is 10.7 Å². The first-order valence-corrected chi connectivity index (χ1v) is 5.79. The van der Waals surface area contributed by atoms with Crippen LogP contribution >= 0.6 is 15.9 Å². The van der Waals surface area contributed by atoms with Crippen LogP contribution in [0.15, 0.2) is 39.1 Å². The first-order valence-electron chi connectivity index (χ1n) is 5.00. The Morgan fingerprint density at radius 2 is 1.95 bits per heavy atom. The minimum atomic E-state index is -4.44. The highest BCUT2D eigenvalue weighted by molar-refractivity contribution is 9.10. The highest BCUT2D eigenvalue weighted by atomic mass is 79.9. The lowest BCUT2D eigenvalue weighted by Gasteiger charge is -2.07. The van der Waals surface area contributed by atoms with Gasteiger partial charge < -0.3 is 5.73 Å². The molecule has 0 aliphatic heterocycles. The molecule has 1 aromatic rings. The highest BCUT2D eigenvalue weighted by Crippen LogP contribution is 2.31. The number of halogens is 4. The van der Waals surface area contributed by atoms with Crippen molar-refractivity contribution < 1.29 is 13.2 Å². The zero-order valence-electron chi connectivity index (χ0n) is 9.74. The van der Waals surface area contributed by atoms with Crippen LogP contribution in [0.5, 0.6) is 0 Å². The summed E-state index contributed by atoms with van der Waals surface area (Å²) in [4.78, 5) is 3.67. The smallest absolute Gasteiger partial charge is 0.388 e. The van der Waals surface area contributed by atoms with Gasteiger partial charge in [-0.3, -0.25) is 0 Å². The van der Waals surface area contributed by atoms with E-state index >= 15 is 0 Å². The van der Waals surface area contributed by atoms with Crippen LogP contribution < -0.4 is 5.73 Å². The standard InChI is InChI=1S/C12H6BrF3N4/c13-9-3-8(12(14,15)16)2-1-7(9)6-20-11(5-18)10(19)4-17/h1-3,6H,19H2/b11-10+,20-6?. The van der Waals surface area contributed by atoms with E-state index in [0.29, 0.717) is 5.56 Å². The fraction of sp³-hybridized carbons (Fsp3) is 0.0833. The van der Waals surface area contributed by atoms with Gasteiger partial charge in [-0.1, -0.05) is 22.0 Å². The van der Waals surface area contributed by atoms with E-state index in [1.807, 2.05) is 0 Å². The molecular weight excluding hydrogens is 337 g/mol. The SMILES string of the molecule is N#C/C(N)=C(/C#N)N=Cc1ccc(C(F)(F)F)cc1Br. The maximum atomic E-state index is 12.5. The molecular formula is C12H6BrF3N4. The van der Waals surface area contributed by atoms with Crippen molar-refractivity contribution in [3.8, 4) is 12.1 Å². The van der Waals surface area contributed by atoms with Gasteiger partial charge in [0.1, 0.15) is 17.8 Å². The summed E-state index contributed by atoms with van der Waals surface area (Å²) in [5.41, 5.74) is 4.06. The number of nitrogens with two attached hydrogens (primary N) is 1. The number of aliphatic imine (C=N–C) groups is 1. The van der Waals surface area contributed by atoms with Crippen molar-refractivity contribution in [1.29, 1.82) is 10.5 Å². The molecule has 8 heteroatoms. The first-order chi connectivity index (χ1) is 9.29. The number of allylic oxidation sites excluding steroid dienone is 2. The second kappa shape index (κ2) is 6.22. The van der Waals surface area contributed by atoms with Crippen LogP contribution in [0, 0.1) is 22.7 Å². The third-order valence-corrected chi connectivity index (χ3v) is 2.83. The van der Waals surface area contributed by atoms with Gasteiger partial charge >= 0.3 is 6.18 Å². The molecule has 0 saturated heterocycles. The van der Waals surface area contributed by atoms with Gasteiger partial charge in [-0.15, -0.1) is 0 Å². The number of nitriles is 2. The van der Waals surface area contributed by atoms with Crippen LogP contribution in [0.25, 0.3) is 0 Å². The Balaban J connectivity index is 3.14. The quantitative estimate of drug-likeness (QED) is 0.661. The monoisotopic (exact) mass is 342 g/mol. The topological polar surface area (TPSA) is 86.0 Å². The fourth-order valence-corrected chi connectivity index (χ4v) is 1.64. The van der Waals surface area contributed by atoms with Crippen molar-refractivity contribution in [2.45, 2.75) is 6.18 Å². The van der Waals surface area contributed by atoms with E-state index in [0.717, 1.165) is 18.3 Å². The molecule has 4 nitrogen and oxygen atoms in total. The lowest BCUT2D eigenvalue weighted by Crippen LogP contribution is -2.05. The lowest BCUT2D eigenvalue weighted by molar-refractivity contribution is -0.137. The first kappa shape index (κ1) is 15.7. The molecule has 0 atom stereocenters. The molecule has 1 aromatic carbocycles. The summed E-state index contributed by atoms with van der Waals surface area (Å²) in [6.45, 7) is 0. The predicted octanol–water partition coefficient (Wildman–Crippen LogP) is 3.10. The number of nitrogens with zero attached hydrogens (tertiary/aromatic N) is 3. The molecule has 0 fully saturated rings. The van der Waals surface area contributed by atoms with Gasteiger partial charge in [0, 0.05) is 16.3 Å². The molecule has 0 spiro atoms. The van der Waals surface area contributed by atoms with Crippen LogP contribution in [-0.2, 0) is 6.18 Å². The van der Waals surface area contributed by atoms with Gasteiger partial charge in [0.25, 0.3) is 0 Å². The normalized spacial score (nSPS) is 12.7. The summed E-state index contributed by atoms with van der Waals surface area (Å²) in [7, 11) is 0. The summed E-state index contributed by atoms with van der Waals surface area (Å²) >= 11 is 2.98.